The zero-order valence-electron chi connectivity index (χ0n) is 12.0. The highest BCUT2D eigenvalue weighted by Crippen LogP contribution is 2.23. The summed E-state index contributed by atoms with van der Waals surface area (Å²) in [4.78, 5) is 0. The third-order valence-electron chi connectivity index (χ3n) is 3.92. The maximum absolute atomic E-state index is 4.61. The Bertz CT molecular complexity index is 431. The molecule has 1 heterocycles. The van der Waals surface area contributed by atoms with Crippen LogP contribution >= 0.6 is 0 Å². The van der Waals surface area contributed by atoms with Crippen LogP contribution in [0.3, 0.4) is 0 Å². The van der Waals surface area contributed by atoms with Gasteiger partial charge < -0.3 is 5.32 Å². The zero-order valence-corrected chi connectivity index (χ0v) is 12.0. The summed E-state index contributed by atoms with van der Waals surface area (Å²) in [6.07, 6.45) is 8.19. The maximum Gasteiger partial charge on any atom is 0.0644 e. The Hall–Kier alpha value is -1.09. The predicted octanol–water partition coefficient (Wildman–Crippen LogP) is 3.28. The van der Waals surface area contributed by atoms with Crippen LogP contribution in [0.5, 0.6) is 0 Å². The van der Waals surface area contributed by atoms with Gasteiger partial charge in [0.25, 0.3) is 0 Å². The SMILES string of the molecule is CCn1nc(C)c(C(C)NC2CC=CCC2)c1C. The quantitative estimate of drug-likeness (QED) is 0.828. The van der Waals surface area contributed by atoms with E-state index < -0.39 is 0 Å². The molecule has 1 aliphatic rings. The third-order valence-corrected chi connectivity index (χ3v) is 3.92. The molecule has 3 heteroatoms. The summed E-state index contributed by atoms with van der Waals surface area (Å²) in [7, 11) is 0. The second-order valence-corrected chi connectivity index (χ2v) is 5.27. The van der Waals surface area contributed by atoms with E-state index in [9.17, 15) is 0 Å². The van der Waals surface area contributed by atoms with E-state index in [0.717, 1.165) is 13.0 Å². The van der Waals surface area contributed by atoms with Crippen LogP contribution in [0.15, 0.2) is 12.2 Å². The first-order valence-corrected chi connectivity index (χ1v) is 7.08. The van der Waals surface area contributed by atoms with Crippen molar-refractivity contribution in [1.82, 2.24) is 15.1 Å². The molecule has 0 bridgehead atoms. The summed E-state index contributed by atoms with van der Waals surface area (Å²) in [6.45, 7) is 9.65. The molecular weight excluding hydrogens is 222 g/mol. The lowest BCUT2D eigenvalue weighted by molar-refractivity contribution is 0.424. The predicted molar refractivity (Wildman–Crippen MR) is 75.7 cm³/mol. The molecule has 2 unspecified atom stereocenters. The fourth-order valence-electron chi connectivity index (χ4n) is 3.03. The molecule has 100 valence electrons. The van der Waals surface area contributed by atoms with Gasteiger partial charge in [0.2, 0.25) is 0 Å². The first-order chi connectivity index (χ1) is 8.63. The molecule has 1 aromatic rings. The lowest BCUT2D eigenvalue weighted by atomic mass is 9.99. The van der Waals surface area contributed by atoms with Crippen molar-refractivity contribution < 1.29 is 0 Å². The fourth-order valence-corrected chi connectivity index (χ4v) is 3.03. The van der Waals surface area contributed by atoms with E-state index in [-0.39, 0.29) is 0 Å². The number of hydrogen-bond acceptors (Lipinski definition) is 2. The van der Waals surface area contributed by atoms with Crippen LogP contribution in [-0.4, -0.2) is 15.8 Å². The Morgan fingerprint density at radius 1 is 1.44 bits per heavy atom. The molecule has 3 nitrogen and oxygen atoms in total. The van der Waals surface area contributed by atoms with Crippen molar-refractivity contribution in [2.75, 3.05) is 0 Å². The standard InChI is InChI=1S/C15H25N3/c1-5-18-13(4)15(12(3)17-18)11(2)16-14-9-7-6-8-10-14/h6-7,11,14,16H,5,8-10H2,1-4H3. The van der Waals surface area contributed by atoms with E-state index in [1.54, 1.807) is 0 Å². The first-order valence-electron chi connectivity index (χ1n) is 7.08. The second kappa shape index (κ2) is 5.70. The van der Waals surface area contributed by atoms with Gasteiger partial charge in [0.1, 0.15) is 0 Å². The minimum atomic E-state index is 0.391. The number of aromatic nitrogens is 2. The number of rotatable bonds is 4. The molecule has 0 aliphatic heterocycles. The van der Waals surface area contributed by atoms with Crippen molar-refractivity contribution in [2.24, 2.45) is 0 Å². The van der Waals surface area contributed by atoms with Crippen molar-refractivity contribution in [3.63, 3.8) is 0 Å². The van der Waals surface area contributed by atoms with Gasteiger partial charge in [-0.1, -0.05) is 12.2 Å². The van der Waals surface area contributed by atoms with Gasteiger partial charge >= 0.3 is 0 Å². The number of nitrogens with one attached hydrogen (secondary N) is 1. The highest BCUT2D eigenvalue weighted by molar-refractivity contribution is 5.28. The molecule has 0 amide bonds. The number of hydrogen-bond donors (Lipinski definition) is 1. The lowest BCUT2D eigenvalue weighted by Gasteiger charge is -2.24. The Morgan fingerprint density at radius 3 is 2.78 bits per heavy atom. The minimum Gasteiger partial charge on any atom is -0.307 e. The van der Waals surface area contributed by atoms with Crippen LogP contribution in [0.1, 0.15) is 56.1 Å². The topological polar surface area (TPSA) is 29.9 Å². The summed E-state index contributed by atoms with van der Waals surface area (Å²) in [5.74, 6) is 0. The van der Waals surface area contributed by atoms with Crippen LogP contribution in [0.2, 0.25) is 0 Å². The van der Waals surface area contributed by atoms with Gasteiger partial charge in [0.05, 0.1) is 5.69 Å². The molecule has 1 aromatic heterocycles. The van der Waals surface area contributed by atoms with E-state index in [0.29, 0.717) is 12.1 Å². The molecule has 2 rings (SSSR count). The van der Waals surface area contributed by atoms with Gasteiger partial charge in [0.15, 0.2) is 0 Å². The van der Waals surface area contributed by atoms with Crippen LogP contribution in [0.25, 0.3) is 0 Å². The van der Waals surface area contributed by atoms with Gasteiger partial charge in [-0.3, -0.25) is 4.68 Å². The highest BCUT2D eigenvalue weighted by atomic mass is 15.3. The summed E-state index contributed by atoms with van der Waals surface area (Å²) >= 11 is 0. The molecule has 0 fully saturated rings. The van der Waals surface area contributed by atoms with Crippen LogP contribution in [-0.2, 0) is 6.54 Å². The lowest BCUT2D eigenvalue weighted by Crippen LogP contribution is -2.32. The Morgan fingerprint density at radius 2 is 2.22 bits per heavy atom. The number of allylic oxidation sites excluding steroid dienone is 1. The Labute approximate surface area is 110 Å². The molecule has 0 spiro atoms. The number of aryl methyl sites for hydroxylation is 2. The second-order valence-electron chi connectivity index (χ2n) is 5.27. The largest absolute Gasteiger partial charge is 0.307 e. The monoisotopic (exact) mass is 247 g/mol. The van der Waals surface area contributed by atoms with Gasteiger partial charge in [-0.15, -0.1) is 0 Å². The summed E-state index contributed by atoms with van der Waals surface area (Å²) in [5, 5.41) is 8.36. The Balaban J connectivity index is 2.10. The molecule has 0 saturated heterocycles. The Kier molecular flexibility index (Phi) is 4.23. The molecular formula is C15H25N3. The molecule has 0 aromatic carbocycles. The van der Waals surface area contributed by atoms with Crippen molar-refractivity contribution in [3.8, 4) is 0 Å². The summed E-state index contributed by atoms with van der Waals surface area (Å²) in [5.41, 5.74) is 3.86. The highest BCUT2D eigenvalue weighted by Gasteiger charge is 2.20. The van der Waals surface area contributed by atoms with Crippen LogP contribution in [0.4, 0.5) is 0 Å². The van der Waals surface area contributed by atoms with E-state index in [2.05, 4.69) is 54.9 Å². The van der Waals surface area contributed by atoms with Gasteiger partial charge in [-0.25, -0.2) is 0 Å². The van der Waals surface area contributed by atoms with Crippen molar-refractivity contribution in [2.45, 2.75) is 65.6 Å². The molecule has 1 N–H and O–H groups in total. The molecule has 2 atom stereocenters. The molecule has 18 heavy (non-hydrogen) atoms. The van der Waals surface area contributed by atoms with Gasteiger partial charge in [-0.2, -0.15) is 5.10 Å². The molecule has 0 saturated carbocycles. The third kappa shape index (κ3) is 2.66. The molecule has 1 aliphatic carbocycles. The average Bonchev–Trinajstić information content (AvgIpc) is 2.65. The van der Waals surface area contributed by atoms with E-state index >= 15 is 0 Å². The normalized spacial score (nSPS) is 21.2. The first kappa shape index (κ1) is 13.3. The van der Waals surface area contributed by atoms with E-state index in [4.69, 9.17) is 0 Å². The number of nitrogens with zero attached hydrogens (tertiary/aromatic N) is 2. The van der Waals surface area contributed by atoms with Crippen LogP contribution in [0, 0.1) is 13.8 Å². The molecule has 0 radical (unpaired) electrons. The van der Waals surface area contributed by atoms with Crippen molar-refractivity contribution in [3.05, 3.63) is 29.1 Å². The average molecular weight is 247 g/mol. The van der Waals surface area contributed by atoms with Crippen molar-refractivity contribution in [1.29, 1.82) is 0 Å². The van der Waals surface area contributed by atoms with Gasteiger partial charge in [0, 0.05) is 29.9 Å². The summed E-state index contributed by atoms with van der Waals surface area (Å²) < 4.78 is 2.10. The van der Waals surface area contributed by atoms with Crippen molar-refractivity contribution >= 4 is 0 Å². The maximum atomic E-state index is 4.61. The zero-order chi connectivity index (χ0) is 13.1. The van der Waals surface area contributed by atoms with E-state index in [1.165, 1.54) is 29.8 Å². The minimum absolute atomic E-state index is 0.391. The van der Waals surface area contributed by atoms with Crippen LogP contribution < -0.4 is 5.32 Å². The smallest absolute Gasteiger partial charge is 0.0644 e. The van der Waals surface area contributed by atoms with E-state index in [1.807, 2.05) is 0 Å². The van der Waals surface area contributed by atoms with Gasteiger partial charge in [-0.05, 0) is 47.0 Å². The fraction of sp³-hybridized carbons (Fsp3) is 0.667. The summed E-state index contributed by atoms with van der Waals surface area (Å²) in [6, 6.07) is 1.01.